The van der Waals surface area contributed by atoms with Gasteiger partial charge in [-0.15, -0.1) is 0 Å². The molecule has 0 spiro atoms. The Labute approximate surface area is 155 Å². The van der Waals surface area contributed by atoms with E-state index in [0.29, 0.717) is 10.9 Å². The van der Waals surface area contributed by atoms with Gasteiger partial charge in [-0.05, 0) is 36.8 Å². The van der Waals surface area contributed by atoms with Crippen molar-refractivity contribution in [2.24, 2.45) is 5.92 Å². The first-order chi connectivity index (χ1) is 12.6. The number of halogens is 1. The molecule has 1 aliphatic heterocycles. The third-order valence-electron chi connectivity index (χ3n) is 4.56. The highest BCUT2D eigenvalue weighted by molar-refractivity contribution is 6.30. The first-order valence-electron chi connectivity index (χ1n) is 8.16. The van der Waals surface area contributed by atoms with Gasteiger partial charge < -0.3 is 4.74 Å². The van der Waals surface area contributed by atoms with Crippen molar-refractivity contribution in [3.8, 4) is 17.6 Å². The molecule has 1 N–H and O–H groups in total. The first-order valence-corrected chi connectivity index (χ1v) is 8.54. The number of rotatable bonds is 2. The van der Waals surface area contributed by atoms with Crippen LogP contribution in [0.3, 0.4) is 0 Å². The third-order valence-corrected chi connectivity index (χ3v) is 4.82. The lowest BCUT2D eigenvalue weighted by atomic mass is 9.79. The molecule has 0 radical (unpaired) electrons. The van der Waals surface area contributed by atoms with Gasteiger partial charge in [0.1, 0.15) is 5.92 Å². The fourth-order valence-corrected chi connectivity index (χ4v) is 3.49. The molecule has 0 bridgehead atoms. The summed E-state index contributed by atoms with van der Waals surface area (Å²) in [4.78, 5) is 0. The number of hydrogen-bond acceptors (Lipinski definition) is 4. The van der Waals surface area contributed by atoms with E-state index < -0.39 is 5.92 Å². The lowest BCUT2D eigenvalue weighted by Gasteiger charge is -2.28. The predicted octanol–water partition coefficient (Wildman–Crippen LogP) is 4.48. The highest BCUT2D eigenvalue weighted by Gasteiger charge is 2.41. The fraction of sp³-hybridized carbons (Fsp3) is 0.150. The summed E-state index contributed by atoms with van der Waals surface area (Å²) in [5.41, 5.74) is 3.36. The summed E-state index contributed by atoms with van der Waals surface area (Å²) in [5.74, 6) is -0.621. The van der Waals surface area contributed by atoms with Gasteiger partial charge in [0.05, 0.1) is 17.5 Å². The molecular formula is C20H15ClN4O. The van der Waals surface area contributed by atoms with Crippen molar-refractivity contribution in [2.75, 3.05) is 0 Å². The molecule has 0 amide bonds. The predicted molar refractivity (Wildman–Crippen MR) is 99.1 cm³/mol. The third kappa shape index (κ3) is 2.56. The molecule has 6 heteroatoms. The zero-order valence-electron chi connectivity index (χ0n) is 14.0. The van der Waals surface area contributed by atoms with E-state index in [2.05, 4.69) is 11.2 Å². The minimum Gasteiger partial charge on any atom is -0.423 e. The molecule has 0 aliphatic carbocycles. The molecule has 3 aromatic rings. The number of hydrogen-bond donors (Lipinski definition) is 1. The number of nitriles is 1. The van der Waals surface area contributed by atoms with E-state index >= 15 is 0 Å². The average molecular weight is 363 g/mol. The number of aryl methyl sites for hydroxylation is 1. The molecule has 1 aliphatic rings. The van der Waals surface area contributed by atoms with E-state index in [-0.39, 0.29) is 11.8 Å². The van der Waals surface area contributed by atoms with Crippen LogP contribution < -0.4 is 4.74 Å². The summed E-state index contributed by atoms with van der Waals surface area (Å²) in [5, 5.41) is 23.2. The topological polar surface area (TPSA) is 74.7 Å². The van der Waals surface area contributed by atoms with Crippen LogP contribution in [0.4, 0.5) is 0 Å². The Hall–Kier alpha value is -3.10. The molecule has 128 valence electrons. The van der Waals surface area contributed by atoms with Gasteiger partial charge in [-0.2, -0.15) is 10.4 Å². The summed E-state index contributed by atoms with van der Waals surface area (Å²) >= 11 is 6.02. The second kappa shape index (κ2) is 6.32. The molecule has 2 atom stereocenters. The van der Waals surface area contributed by atoms with Crippen molar-refractivity contribution in [3.63, 3.8) is 0 Å². The average Bonchev–Trinajstić information content (AvgIpc) is 2.98. The summed E-state index contributed by atoms with van der Waals surface area (Å²) in [7, 11) is 0. The Morgan fingerprint density at radius 3 is 2.50 bits per heavy atom. The van der Waals surface area contributed by atoms with Crippen LogP contribution in [-0.4, -0.2) is 15.7 Å². The highest BCUT2D eigenvalue weighted by Crippen LogP contribution is 2.44. The van der Waals surface area contributed by atoms with Crippen LogP contribution in [0.1, 0.15) is 22.7 Å². The molecule has 2 aromatic carbocycles. The van der Waals surface area contributed by atoms with Crippen molar-refractivity contribution in [1.82, 2.24) is 9.78 Å². The number of para-hydroxylation sites is 1. The van der Waals surface area contributed by atoms with Gasteiger partial charge in [-0.25, -0.2) is 4.68 Å². The molecule has 26 heavy (non-hydrogen) atoms. The smallest absolute Gasteiger partial charge is 0.228 e. The molecule has 2 unspecified atom stereocenters. The van der Waals surface area contributed by atoms with E-state index in [1.807, 2.05) is 49.4 Å². The molecule has 4 rings (SSSR count). The monoisotopic (exact) mass is 362 g/mol. The zero-order chi connectivity index (χ0) is 18.3. The number of ether oxygens (including phenoxy) is 1. The summed E-state index contributed by atoms with van der Waals surface area (Å²) in [6.07, 6.45) is 0. The highest BCUT2D eigenvalue weighted by atomic mass is 35.5. The molecule has 1 aromatic heterocycles. The van der Waals surface area contributed by atoms with Crippen LogP contribution in [0.5, 0.6) is 5.88 Å². The number of aromatic nitrogens is 2. The lowest BCUT2D eigenvalue weighted by molar-refractivity contribution is 0.424. The minimum absolute atomic E-state index is 0.0722. The first kappa shape index (κ1) is 16.4. The van der Waals surface area contributed by atoms with Crippen molar-refractivity contribution in [3.05, 3.63) is 76.4 Å². The fourth-order valence-electron chi connectivity index (χ4n) is 3.37. The largest absolute Gasteiger partial charge is 0.423 e. The van der Waals surface area contributed by atoms with E-state index in [1.54, 1.807) is 16.8 Å². The Kier molecular flexibility index (Phi) is 3.98. The van der Waals surface area contributed by atoms with Crippen molar-refractivity contribution >= 4 is 17.5 Å². The van der Waals surface area contributed by atoms with Gasteiger partial charge in [0, 0.05) is 16.5 Å². The molecule has 0 fully saturated rings. The Morgan fingerprint density at radius 1 is 1.15 bits per heavy atom. The Balaban J connectivity index is 1.94. The van der Waals surface area contributed by atoms with Crippen LogP contribution in [0.15, 0.2) is 54.6 Å². The van der Waals surface area contributed by atoms with E-state index in [1.165, 1.54) is 0 Å². The van der Waals surface area contributed by atoms with Crippen molar-refractivity contribution in [1.29, 1.82) is 10.7 Å². The van der Waals surface area contributed by atoms with Gasteiger partial charge in [-0.1, -0.05) is 41.9 Å². The summed E-state index contributed by atoms with van der Waals surface area (Å²) < 4.78 is 7.44. The quantitative estimate of drug-likeness (QED) is 0.730. The molecule has 5 nitrogen and oxygen atoms in total. The van der Waals surface area contributed by atoms with Crippen LogP contribution >= 0.6 is 11.6 Å². The van der Waals surface area contributed by atoms with Crippen molar-refractivity contribution in [2.45, 2.75) is 12.8 Å². The maximum absolute atomic E-state index is 9.66. The van der Waals surface area contributed by atoms with Crippen LogP contribution in [0, 0.1) is 29.6 Å². The molecule has 0 saturated carbocycles. The van der Waals surface area contributed by atoms with Gasteiger partial charge in [0.25, 0.3) is 0 Å². The van der Waals surface area contributed by atoms with Gasteiger partial charge in [0.2, 0.25) is 11.8 Å². The SMILES string of the molecule is Cc1nn(-c2ccccc2)c2c1C(c1ccc(Cl)cc1)C(C#N)C(=N)O2. The van der Waals surface area contributed by atoms with Crippen molar-refractivity contribution < 1.29 is 4.74 Å². The summed E-state index contributed by atoms with van der Waals surface area (Å²) in [6.45, 7) is 1.90. The molecule has 0 saturated heterocycles. The maximum atomic E-state index is 9.66. The minimum atomic E-state index is -0.712. The van der Waals surface area contributed by atoms with E-state index in [9.17, 15) is 5.26 Å². The van der Waals surface area contributed by atoms with E-state index in [0.717, 1.165) is 22.5 Å². The van der Waals surface area contributed by atoms with Crippen LogP contribution in [0.2, 0.25) is 5.02 Å². The second-order valence-corrected chi connectivity index (χ2v) is 6.59. The van der Waals surface area contributed by atoms with Gasteiger partial charge >= 0.3 is 0 Å². The Bertz CT molecular complexity index is 1020. The Morgan fingerprint density at radius 2 is 1.85 bits per heavy atom. The summed E-state index contributed by atoms with van der Waals surface area (Å²) in [6, 6.07) is 19.2. The molecule has 2 heterocycles. The normalized spacial score (nSPS) is 18.7. The second-order valence-electron chi connectivity index (χ2n) is 6.15. The number of nitrogens with one attached hydrogen (secondary N) is 1. The van der Waals surface area contributed by atoms with Gasteiger partial charge in [0.15, 0.2) is 0 Å². The zero-order valence-corrected chi connectivity index (χ0v) is 14.7. The number of nitrogens with zero attached hydrogens (tertiary/aromatic N) is 3. The van der Waals surface area contributed by atoms with Crippen LogP contribution in [0.25, 0.3) is 5.69 Å². The lowest BCUT2D eigenvalue weighted by Crippen LogP contribution is -2.31. The van der Waals surface area contributed by atoms with Crippen LogP contribution in [-0.2, 0) is 0 Å². The van der Waals surface area contributed by atoms with E-state index in [4.69, 9.17) is 21.7 Å². The van der Waals surface area contributed by atoms with Gasteiger partial charge in [-0.3, -0.25) is 5.41 Å². The molecular weight excluding hydrogens is 348 g/mol. The number of benzene rings is 2. The number of fused-ring (bicyclic) bond motifs is 1. The maximum Gasteiger partial charge on any atom is 0.228 e. The standard InChI is InChI=1S/C20H15ClN4O/c1-12-17-18(13-7-9-14(21)10-8-13)16(11-22)19(23)26-20(17)25(24-12)15-5-3-2-4-6-15/h2-10,16,18,23H,1H3.